The second-order valence-corrected chi connectivity index (χ2v) is 10.8. The van der Waals surface area contributed by atoms with Gasteiger partial charge < -0.3 is 4.74 Å². The van der Waals surface area contributed by atoms with Crippen LogP contribution < -0.4 is 4.74 Å². The van der Waals surface area contributed by atoms with Crippen LogP contribution in [-0.2, 0) is 12.3 Å². The van der Waals surface area contributed by atoms with Gasteiger partial charge in [-0.05, 0) is 55.5 Å². The van der Waals surface area contributed by atoms with E-state index in [1.807, 2.05) is 24.0 Å². The summed E-state index contributed by atoms with van der Waals surface area (Å²) < 4.78 is 7.15. The van der Waals surface area contributed by atoms with Gasteiger partial charge in [-0.1, -0.05) is 46.9 Å². The monoisotopic (exact) mass is 516 g/mol. The summed E-state index contributed by atoms with van der Waals surface area (Å²) in [6.07, 6.45) is 7.11. The largest absolute Gasteiger partial charge is 0.475 e. The molecular weight excluding hydrogens is 491 g/mol. The van der Waals surface area contributed by atoms with Crippen LogP contribution in [0.2, 0.25) is 0 Å². The molecule has 0 unspecified atom stereocenters. The van der Waals surface area contributed by atoms with E-state index in [4.69, 9.17) is 9.72 Å². The van der Waals surface area contributed by atoms with E-state index >= 15 is 0 Å². The number of pyridine rings is 1. The first-order valence-corrected chi connectivity index (χ1v) is 12.6. The van der Waals surface area contributed by atoms with Crippen molar-refractivity contribution in [3.05, 3.63) is 65.9 Å². The minimum atomic E-state index is 0.649. The molecule has 0 radical (unpaired) electrons. The predicted molar refractivity (Wildman–Crippen MR) is 129 cm³/mol. The van der Waals surface area contributed by atoms with Crippen LogP contribution in [0.5, 0.6) is 5.75 Å². The molecule has 0 bridgehead atoms. The molecule has 150 valence electrons. The fourth-order valence-electron chi connectivity index (χ4n) is 4.47. The third kappa shape index (κ3) is 4.28. The number of benzene rings is 2. The van der Waals surface area contributed by atoms with Crippen molar-refractivity contribution < 1.29 is 4.74 Å². The Balaban J connectivity index is 1.43. The number of halogens is 1. The predicted octanol–water partition coefficient (Wildman–Crippen LogP) is 6.43. The fourth-order valence-corrected chi connectivity index (χ4v) is 6.10. The van der Waals surface area contributed by atoms with Crippen molar-refractivity contribution >= 4 is 45.3 Å². The minimum absolute atomic E-state index is 0.649. The molecule has 5 heteroatoms. The van der Waals surface area contributed by atoms with Crippen molar-refractivity contribution in [1.82, 2.24) is 9.88 Å². The van der Waals surface area contributed by atoms with E-state index in [9.17, 15) is 0 Å². The molecule has 2 aromatic carbocycles. The molecule has 3 nitrogen and oxygen atoms in total. The summed E-state index contributed by atoms with van der Waals surface area (Å²) in [5.74, 6) is 1.94. The number of hydrogen-bond donors (Lipinski definition) is 0. The highest BCUT2D eigenvalue weighted by molar-refractivity contribution is 14.1. The van der Waals surface area contributed by atoms with Crippen molar-refractivity contribution in [3.8, 4) is 5.75 Å². The SMILES string of the molecule is IC1CCC(N2COc3c(cc(CSc4ccccc4)c4cccnc34)C2)CC1. The maximum absolute atomic E-state index is 6.30. The molecule has 1 fully saturated rings. The van der Waals surface area contributed by atoms with Crippen LogP contribution in [-0.4, -0.2) is 26.6 Å². The van der Waals surface area contributed by atoms with Crippen LogP contribution in [0.15, 0.2) is 59.6 Å². The number of ether oxygens (including phenoxy) is 1. The Morgan fingerprint density at radius 2 is 1.90 bits per heavy atom. The van der Waals surface area contributed by atoms with Crippen molar-refractivity contribution in [2.75, 3.05) is 6.73 Å². The molecule has 29 heavy (non-hydrogen) atoms. The Morgan fingerprint density at radius 1 is 1.07 bits per heavy atom. The lowest BCUT2D eigenvalue weighted by Gasteiger charge is -2.38. The second kappa shape index (κ2) is 8.82. The van der Waals surface area contributed by atoms with Crippen molar-refractivity contribution in [2.45, 2.75) is 52.8 Å². The van der Waals surface area contributed by atoms with Crippen molar-refractivity contribution in [3.63, 3.8) is 0 Å². The van der Waals surface area contributed by atoms with Gasteiger partial charge in [0.25, 0.3) is 0 Å². The van der Waals surface area contributed by atoms with Gasteiger partial charge in [0.05, 0.1) is 0 Å². The van der Waals surface area contributed by atoms with Crippen LogP contribution in [0.1, 0.15) is 36.8 Å². The number of fused-ring (bicyclic) bond motifs is 3. The van der Waals surface area contributed by atoms with Crippen LogP contribution >= 0.6 is 34.4 Å². The molecule has 3 aromatic rings. The summed E-state index contributed by atoms with van der Waals surface area (Å²) in [7, 11) is 0. The van der Waals surface area contributed by atoms with E-state index in [0.717, 1.165) is 27.5 Å². The normalized spacial score (nSPS) is 22.2. The van der Waals surface area contributed by atoms with E-state index in [1.54, 1.807) is 0 Å². The van der Waals surface area contributed by atoms with Gasteiger partial charge in [0, 0.05) is 44.3 Å². The first-order valence-electron chi connectivity index (χ1n) is 10.4. The average Bonchev–Trinajstić information content (AvgIpc) is 2.78. The summed E-state index contributed by atoms with van der Waals surface area (Å²) in [5.41, 5.74) is 3.66. The molecule has 0 atom stereocenters. The van der Waals surface area contributed by atoms with Gasteiger partial charge in [-0.3, -0.25) is 9.88 Å². The quantitative estimate of drug-likeness (QED) is 0.227. The number of aromatic nitrogens is 1. The molecule has 1 aromatic heterocycles. The molecule has 5 rings (SSSR count). The lowest BCUT2D eigenvalue weighted by molar-refractivity contribution is 0.0425. The average molecular weight is 516 g/mol. The summed E-state index contributed by atoms with van der Waals surface area (Å²) in [6, 6.07) is 17.9. The molecule has 0 saturated heterocycles. The topological polar surface area (TPSA) is 25.4 Å². The second-order valence-electron chi connectivity index (χ2n) is 7.95. The molecule has 0 spiro atoms. The molecule has 1 aliphatic carbocycles. The van der Waals surface area contributed by atoms with Gasteiger partial charge in [0.15, 0.2) is 5.75 Å². The van der Waals surface area contributed by atoms with Gasteiger partial charge in [0.2, 0.25) is 0 Å². The van der Waals surface area contributed by atoms with Gasteiger partial charge >= 0.3 is 0 Å². The Bertz CT molecular complexity index is 989. The lowest BCUT2D eigenvalue weighted by atomic mass is 9.93. The standard InChI is InChI=1S/C24H25IN2OS/c25-19-8-10-20(11-9-19)27-14-17-13-18(15-29-21-5-2-1-3-6-21)22-7-4-12-26-23(22)24(17)28-16-27/h1-7,12-13,19-20H,8-11,14-16H2. The highest BCUT2D eigenvalue weighted by Crippen LogP contribution is 2.38. The Kier molecular flexibility index (Phi) is 5.97. The third-order valence-corrected chi connectivity index (χ3v) is 8.34. The molecule has 0 N–H and O–H groups in total. The molecule has 2 aliphatic rings. The number of hydrogen-bond acceptors (Lipinski definition) is 4. The zero-order valence-electron chi connectivity index (χ0n) is 16.4. The van der Waals surface area contributed by atoms with Crippen LogP contribution in [0, 0.1) is 0 Å². The van der Waals surface area contributed by atoms with E-state index < -0.39 is 0 Å². The fraction of sp³-hybridized carbons (Fsp3) is 0.375. The van der Waals surface area contributed by atoms with Crippen molar-refractivity contribution in [1.29, 1.82) is 0 Å². The van der Waals surface area contributed by atoms with Gasteiger partial charge in [-0.2, -0.15) is 0 Å². The Morgan fingerprint density at radius 3 is 2.72 bits per heavy atom. The van der Waals surface area contributed by atoms with Crippen LogP contribution in [0.4, 0.5) is 0 Å². The zero-order valence-corrected chi connectivity index (χ0v) is 19.4. The van der Waals surface area contributed by atoms with Gasteiger partial charge in [0.1, 0.15) is 12.2 Å². The Hall–Kier alpha value is -1.31. The molecule has 1 saturated carbocycles. The third-order valence-electron chi connectivity index (χ3n) is 6.04. The number of alkyl halides is 1. The maximum atomic E-state index is 6.30. The number of rotatable bonds is 4. The number of thioether (sulfide) groups is 1. The summed E-state index contributed by atoms with van der Waals surface area (Å²) >= 11 is 4.49. The van der Waals surface area contributed by atoms with E-state index in [-0.39, 0.29) is 0 Å². The summed E-state index contributed by atoms with van der Waals surface area (Å²) in [6.45, 7) is 1.66. The first-order chi connectivity index (χ1) is 14.3. The smallest absolute Gasteiger partial charge is 0.152 e. The van der Waals surface area contributed by atoms with E-state index in [2.05, 4.69) is 70.0 Å². The summed E-state index contributed by atoms with van der Waals surface area (Å²) in [4.78, 5) is 8.54. The lowest BCUT2D eigenvalue weighted by Crippen LogP contribution is -2.42. The van der Waals surface area contributed by atoms with Crippen LogP contribution in [0.3, 0.4) is 0 Å². The molecule has 0 amide bonds. The molecule has 2 heterocycles. The molecular formula is C24H25IN2OS. The first kappa shape index (κ1) is 19.6. The minimum Gasteiger partial charge on any atom is -0.475 e. The highest BCUT2D eigenvalue weighted by Gasteiger charge is 2.29. The van der Waals surface area contributed by atoms with E-state index in [1.165, 1.54) is 47.1 Å². The number of nitrogens with zero attached hydrogens (tertiary/aromatic N) is 2. The van der Waals surface area contributed by atoms with Gasteiger partial charge in [-0.25, -0.2) is 0 Å². The highest BCUT2D eigenvalue weighted by atomic mass is 127. The maximum Gasteiger partial charge on any atom is 0.152 e. The summed E-state index contributed by atoms with van der Waals surface area (Å²) in [5, 5.41) is 1.22. The van der Waals surface area contributed by atoms with Crippen molar-refractivity contribution in [2.24, 2.45) is 0 Å². The van der Waals surface area contributed by atoms with Gasteiger partial charge in [-0.15, -0.1) is 11.8 Å². The van der Waals surface area contributed by atoms with Crippen LogP contribution in [0.25, 0.3) is 10.9 Å². The Labute approximate surface area is 190 Å². The van der Waals surface area contributed by atoms with E-state index in [0.29, 0.717) is 12.8 Å². The zero-order chi connectivity index (χ0) is 19.6. The molecule has 1 aliphatic heterocycles.